The molecule has 124 valence electrons. The molecule has 0 spiro atoms. The molecule has 0 bridgehead atoms. The van der Waals surface area contributed by atoms with Crippen molar-refractivity contribution in [3.8, 4) is 0 Å². The maximum atomic E-state index is 13.2. The molecule has 1 aromatic heterocycles. The normalized spacial score (nSPS) is 18.2. The van der Waals surface area contributed by atoms with Crippen LogP contribution >= 0.6 is 0 Å². The molecular weight excluding hydrogens is 299 g/mol. The van der Waals surface area contributed by atoms with E-state index in [2.05, 4.69) is 20.8 Å². The third-order valence-electron chi connectivity index (χ3n) is 3.67. The van der Waals surface area contributed by atoms with E-state index >= 15 is 0 Å². The molecule has 0 radical (unpaired) electrons. The number of piperazine rings is 1. The fraction of sp³-hybridized carbons (Fsp3) is 0.692. The van der Waals surface area contributed by atoms with E-state index in [4.69, 9.17) is 0 Å². The largest absolute Gasteiger partial charge is 0.405 e. The average Bonchev–Trinajstić information content (AvgIpc) is 2.96. The molecule has 1 unspecified atom stereocenters. The summed E-state index contributed by atoms with van der Waals surface area (Å²) in [7, 11) is 0. The van der Waals surface area contributed by atoms with E-state index in [0.717, 1.165) is 5.69 Å². The first-order valence-corrected chi connectivity index (χ1v) is 7.25. The Kier molecular flexibility index (Phi) is 5.41. The van der Waals surface area contributed by atoms with Gasteiger partial charge in [-0.2, -0.15) is 18.3 Å². The minimum absolute atomic E-state index is 0.109. The Bertz CT molecular complexity index is 496. The van der Waals surface area contributed by atoms with Gasteiger partial charge in [-0.15, -0.1) is 0 Å². The predicted molar refractivity (Wildman–Crippen MR) is 74.6 cm³/mol. The van der Waals surface area contributed by atoms with Crippen LogP contribution in [0.1, 0.15) is 23.1 Å². The minimum atomic E-state index is -4.38. The number of hydrogen-bond donors (Lipinski definition) is 3. The first-order valence-electron chi connectivity index (χ1n) is 7.25. The third kappa shape index (κ3) is 4.20. The summed E-state index contributed by atoms with van der Waals surface area (Å²) < 4.78 is 39.5. The predicted octanol–water partition coefficient (Wildman–Crippen LogP) is 0.538. The summed E-state index contributed by atoms with van der Waals surface area (Å²) in [6, 6.07) is -0.133. The lowest BCUT2D eigenvalue weighted by Crippen LogP contribution is -2.57. The standard InChI is InChI=1S/C13H20F3N5O/c1-2-9-7-10(20-19-9)12(22)18-8-11(13(14,15)16)21-5-3-17-4-6-21/h7,11,17H,2-6,8H2,1H3,(H,18,22)(H,19,20). The Morgan fingerprint density at radius 2 is 2.14 bits per heavy atom. The van der Waals surface area contributed by atoms with E-state index in [1.54, 1.807) is 6.07 Å². The van der Waals surface area contributed by atoms with Crippen molar-refractivity contribution in [1.82, 2.24) is 25.7 Å². The number of nitrogens with one attached hydrogen (secondary N) is 3. The van der Waals surface area contributed by atoms with Crippen molar-refractivity contribution in [2.24, 2.45) is 0 Å². The molecular formula is C13H20F3N5O. The highest BCUT2D eigenvalue weighted by atomic mass is 19.4. The number of amides is 1. The quantitative estimate of drug-likeness (QED) is 0.741. The monoisotopic (exact) mass is 319 g/mol. The van der Waals surface area contributed by atoms with Crippen molar-refractivity contribution in [3.63, 3.8) is 0 Å². The van der Waals surface area contributed by atoms with Crippen LogP contribution in [0.5, 0.6) is 0 Å². The number of carbonyl (C=O) groups is 1. The molecule has 22 heavy (non-hydrogen) atoms. The molecule has 9 heteroatoms. The van der Waals surface area contributed by atoms with Gasteiger partial charge in [0.2, 0.25) is 0 Å². The van der Waals surface area contributed by atoms with E-state index in [0.29, 0.717) is 32.6 Å². The lowest BCUT2D eigenvalue weighted by Gasteiger charge is -2.35. The first kappa shape index (κ1) is 16.8. The Labute approximate surface area is 126 Å². The van der Waals surface area contributed by atoms with Gasteiger partial charge in [-0.25, -0.2) is 0 Å². The number of halogens is 3. The van der Waals surface area contributed by atoms with Crippen molar-refractivity contribution in [1.29, 1.82) is 0 Å². The highest BCUT2D eigenvalue weighted by Crippen LogP contribution is 2.24. The molecule has 2 heterocycles. The molecule has 6 nitrogen and oxygen atoms in total. The second-order valence-electron chi connectivity index (χ2n) is 5.19. The molecule has 1 fully saturated rings. The van der Waals surface area contributed by atoms with Crippen molar-refractivity contribution in [2.75, 3.05) is 32.7 Å². The second kappa shape index (κ2) is 7.10. The Balaban J connectivity index is 1.96. The van der Waals surface area contributed by atoms with E-state index in [1.165, 1.54) is 4.90 Å². The zero-order valence-corrected chi connectivity index (χ0v) is 12.3. The summed E-state index contributed by atoms with van der Waals surface area (Å²) in [5, 5.41) is 11.8. The highest BCUT2D eigenvalue weighted by Gasteiger charge is 2.43. The molecule has 3 N–H and O–H groups in total. The van der Waals surface area contributed by atoms with Crippen LogP contribution in [0, 0.1) is 0 Å². The van der Waals surface area contributed by atoms with Crippen LogP contribution in [0.2, 0.25) is 0 Å². The summed E-state index contributed by atoms with van der Waals surface area (Å²) in [4.78, 5) is 13.2. The van der Waals surface area contributed by atoms with Gasteiger partial charge in [0, 0.05) is 38.4 Å². The van der Waals surface area contributed by atoms with E-state index in [9.17, 15) is 18.0 Å². The zero-order chi connectivity index (χ0) is 16.2. The minimum Gasteiger partial charge on any atom is -0.349 e. The van der Waals surface area contributed by atoms with Crippen LogP contribution < -0.4 is 10.6 Å². The maximum absolute atomic E-state index is 13.2. The van der Waals surface area contributed by atoms with Gasteiger partial charge in [-0.3, -0.25) is 14.8 Å². The summed E-state index contributed by atoms with van der Waals surface area (Å²) >= 11 is 0. The number of aromatic amines is 1. The topological polar surface area (TPSA) is 73.1 Å². The molecule has 0 saturated carbocycles. The maximum Gasteiger partial charge on any atom is 0.405 e. The van der Waals surface area contributed by atoms with Crippen molar-refractivity contribution in [3.05, 3.63) is 17.5 Å². The van der Waals surface area contributed by atoms with Gasteiger partial charge in [0.05, 0.1) is 0 Å². The molecule has 1 saturated heterocycles. The number of alkyl halides is 3. The van der Waals surface area contributed by atoms with Crippen LogP contribution in [0.25, 0.3) is 0 Å². The van der Waals surface area contributed by atoms with Gasteiger partial charge < -0.3 is 10.6 Å². The number of nitrogens with zero attached hydrogens (tertiary/aromatic N) is 2. The molecule has 1 amide bonds. The summed E-state index contributed by atoms with van der Waals surface area (Å²) in [6.45, 7) is 3.06. The molecule has 1 aliphatic heterocycles. The van der Waals surface area contributed by atoms with Crippen molar-refractivity contribution >= 4 is 5.91 Å². The summed E-state index contributed by atoms with van der Waals surface area (Å²) in [6.07, 6.45) is -3.71. The van der Waals surface area contributed by atoms with Gasteiger partial charge >= 0.3 is 6.18 Å². The van der Waals surface area contributed by atoms with Gasteiger partial charge in [-0.05, 0) is 12.5 Å². The van der Waals surface area contributed by atoms with Gasteiger partial charge in [0.15, 0.2) is 0 Å². The van der Waals surface area contributed by atoms with Crippen LogP contribution in [0.15, 0.2) is 6.07 Å². The van der Waals surface area contributed by atoms with Crippen LogP contribution in [0.3, 0.4) is 0 Å². The highest BCUT2D eigenvalue weighted by molar-refractivity contribution is 5.92. The number of carbonyl (C=O) groups excluding carboxylic acids is 1. The number of hydrogen-bond acceptors (Lipinski definition) is 4. The van der Waals surface area contributed by atoms with Gasteiger partial charge in [0.1, 0.15) is 11.7 Å². The average molecular weight is 319 g/mol. The van der Waals surface area contributed by atoms with E-state index in [1.807, 2.05) is 6.92 Å². The number of rotatable bonds is 5. The molecule has 0 aliphatic carbocycles. The number of aryl methyl sites for hydroxylation is 1. The van der Waals surface area contributed by atoms with E-state index in [-0.39, 0.29) is 5.69 Å². The smallest absolute Gasteiger partial charge is 0.349 e. The Morgan fingerprint density at radius 3 is 2.68 bits per heavy atom. The summed E-state index contributed by atoms with van der Waals surface area (Å²) in [5.41, 5.74) is 0.873. The molecule has 2 rings (SSSR count). The number of H-pyrrole nitrogens is 1. The van der Waals surface area contributed by atoms with Crippen LogP contribution in [-0.4, -0.2) is 65.9 Å². The summed E-state index contributed by atoms with van der Waals surface area (Å²) in [5.74, 6) is -0.597. The molecule has 1 atom stereocenters. The Morgan fingerprint density at radius 1 is 1.45 bits per heavy atom. The van der Waals surface area contributed by atoms with Gasteiger partial charge in [-0.1, -0.05) is 6.92 Å². The second-order valence-corrected chi connectivity index (χ2v) is 5.19. The third-order valence-corrected chi connectivity index (χ3v) is 3.67. The SMILES string of the molecule is CCc1cc(C(=O)NCC(N2CCNCC2)C(F)(F)F)n[nH]1. The van der Waals surface area contributed by atoms with Crippen molar-refractivity contribution in [2.45, 2.75) is 25.6 Å². The number of aromatic nitrogens is 2. The zero-order valence-electron chi connectivity index (χ0n) is 12.3. The fourth-order valence-corrected chi connectivity index (χ4v) is 2.38. The van der Waals surface area contributed by atoms with Crippen LogP contribution in [-0.2, 0) is 6.42 Å². The Hall–Kier alpha value is -1.61. The molecule has 1 aromatic rings. The van der Waals surface area contributed by atoms with Gasteiger partial charge in [0.25, 0.3) is 5.91 Å². The van der Waals surface area contributed by atoms with E-state index < -0.39 is 24.7 Å². The molecule has 0 aromatic carbocycles. The molecule has 1 aliphatic rings. The lowest BCUT2D eigenvalue weighted by atomic mass is 10.2. The van der Waals surface area contributed by atoms with Crippen LogP contribution in [0.4, 0.5) is 13.2 Å². The van der Waals surface area contributed by atoms with Crippen molar-refractivity contribution < 1.29 is 18.0 Å². The first-order chi connectivity index (χ1) is 10.4. The fourth-order valence-electron chi connectivity index (χ4n) is 2.38. The lowest BCUT2D eigenvalue weighted by molar-refractivity contribution is -0.183.